The van der Waals surface area contributed by atoms with Gasteiger partial charge in [-0.2, -0.15) is 0 Å². The summed E-state index contributed by atoms with van der Waals surface area (Å²) in [6, 6.07) is 7.07. The van der Waals surface area contributed by atoms with E-state index >= 15 is 0 Å². The van der Waals surface area contributed by atoms with Crippen LogP contribution in [0, 0.1) is 0 Å². The molecule has 1 N–H and O–H groups in total. The van der Waals surface area contributed by atoms with Gasteiger partial charge < -0.3 is 5.43 Å². The molecule has 0 unspecified atom stereocenters. The van der Waals surface area contributed by atoms with Gasteiger partial charge in [-0.15, -0.1) is 0 Å². The summed E-state index contributed by atoms with van der Waals surface area (Å²) in [5.41, 5.74) is 4.29. The number of nitrogens with zero attached hydrogens (tertiary/aromatic N) is 1. The maximum atomic E-state index is 11.9. The number of anilines is 1. The van der Waals surface area contributed by atoms with Crippen LogP contribution >= 0.6 is 0 Å². The fraction of sp³-hybridized carbons (Fsp3) is 0.571. The van der Waals surface area contributed by atoms with Crippen LogP contribution in [-0.4, -0.2) is 32.3 Å². The number of hydrazine groups is 1. The van der Waals surface area contributed by atoms with Crippen LogP contribution in [0.5, 0.6) is 0 Å². The summed E-state index contributed by atoms with van der Waals surface area (Å²) < 4.78 is 23.8. The highest BCUT2D eigenvalue weighted by atomic mass is 32.2. The third-order valence-corrected chi connectivity index (χ3v) is 5.27. The van der Waals surface area contributed by atoms with Crippen LogP contribution < -0.4 is 5.43 Å². The number of benzene rings is 1. The molecule has 1 aliphatic heterocycles. The van der Waals surface area contributed by atoms with Gasteiger partial charge in [-0.25, -0.2) is 13.4 Å². The maximum Gasteiger partial charge on any atom is 0.178 e. The summed E-state index contributed by atoms with van der Waals surface area (Å²) in [5.74, 6) is 0.214. The number of piperidine rings is 1. The van der Waals surface area contributed by atoms with Gasteiger partial charge in [0.2, 0.25) is 0 Å². The minimum atomic E-state index is -3.10. The molecule has 4 nitrogen and oxygen atoms in total. The molecule has 2 rings (SSSR count). The van der Waals surface area contributed by atoms with Crippen molar-refractivity contribution in [2.24, 2.45) is 0 Å². The molecule has 0 aromatic heterocycles. The summed E-state index contributed by atoms with van der Waals surface area (Å²) in [6.45, 7) is 3.98. The quantitative estimate of drug-likeness (QED) is 0.902. The second-order valence-corrected chi connectivity index (χ2v) is 7.11. The molecule has 0 amide bonds. The first-order valence-electron chi connectivity index (χ1n) is 6.96. The molecule has 1 fully saturated rings. The highest BCUT2D eigenvalue weighted by Gasteiger charge is 2.13. The zero-order chi connectivity index (χ0) is 13.7. The Bertz CT molecular complexity index is 491. The molecule has 0 saturated carbocycles. The molecular formula is C14H22N2O2S. The smallest absolute Gasteiger partial charge is 0.178 e. The van der Waals surface area contributed by atoms with E-state index in [0.717, 1.165) is 18.8 Å². The van der Waals surface area contributed by atoms with Gasteiger partial charge in [0, 0.05) is 18.8 Å². The van der Waals surface area contributed by atoms with Crippen LogP contribution in [0.3, 0.4) is 0 Å². The monoisotopic (exact) mass is 282 g/mol. The van der Waals surface area contributed by atoms with Gasteiger partial charge in [-0.1, -0.05) is 13.3 Å². The number of rotatable bonds is 5. The normalized spacial score (nSPS) is 17.3. The van der Waals surface area contributed by atoms with Gasteiger partial charge in [0.05, 0.1) is 10.6 Å². The van der Waals surface area contributed by atoms with Crippen molar-refractivity contribution < 1.29 is 8.42 Å². The third kappa shape index (κ3) is 3.94. The Kier molecular flexibility index (Phi) is 4.82. The van der Waals surface area contributed by atoms with Crippen molar-refractivity contribution in [1.82, 2.24) is 5.01 Å². The lowest BCUT2D eigenvalue weighted by Gasteiger charge is -2.27. The average molecular weight is 282 g/mol. The zero-order valence-corrected chi connectivity index (χ0v) is 12.2. The van der Waals surface area contributed by atoms with Gasteiger partial charge in [-0.3, -0.25) is 0 Å². The van der Waals surface area contributed by atoms with Crippen molar-refractivity contribution in [2.45, 2.75) is 37.5 Å². The van der Waals surface area contributed by atoms with E-state index < -0.39 is 9.84 Å². The fourth-order valence-corrected chi connectivity index (χ4v) is 3.64. The molecule has 0 bridgehead atoms. The van der Waals surface area contributed by atoms with Crippen LogP contribution in [0.2, 0.25) is 0 Å². The van der Waals surface area contributed by atoms with Gasteiger partial charge >= 0.3 is 0 Å². The van der Waals surface area contributed by atoms with Gasteiger partial charge in [-0.05, 0) is 43.5 Å². The summed E-state index contributed by atoms with van der Waals surface area (Å²) in [6.07, 6.45) is 4.38. The molecular weight excluding hydrogens is 260 g/mol. The Morgan fingerprint density at radius 1 is 1.11 bits per heavy atom. The molecule has 0 radical (unpaired) electrons. The average Bonchev–Trinajstić information content (AvgIpc) is 2.40. The SMILES string of the molecule is CCCS(=O)(=O)c1ccc(NN2CCCCC2)cc1. The lowest BCUT2D eigenvalue weighted by Crippen LogP contribution is -2.34. The van der Waals surface area contributed by atoms with Crippen molar-refractivity contribution >= 4 is 15.5 Å². The predicted octanol–water partition coefficient (Wildman–Crippen LogP) is 2.68. The van der Waals surface area contributed by atoms with E-state index in [0.29, 0.717) is 11.3 Å². The minimum absolute atomic E-state index is 0.214. The molecule has 0 spiro atoms. The Labute approximate surface area is 115 Å². The van der Waals surface area contributed by atoms with E-state index in [2.05, 4.69) is 10.4 Å². The Hall–Kier alpha value is -1.07. The highest BCUT2D eigenvalue weighted by molar-refractivity contribution is 7.91. The molecule has 0 aliphatic carbocycles. The summed E-state index contributed by atoms with van der Waals surface area (Å²) in [4.78, 5) is 0.415. The lowest BCUT2D eigenvalue weighted by molar-refractivity contribution is 0.273. The van der Waals surface area contributed by atoms with Crippen molar-refractivity contribution in [2.75, 3.05) is 24.3 Å². The van der Waals surface area contributed by atoms with Gasteiger partial charge in [0.15, 0.2) is 9.84 Å². The number of hydrogen-bond donors (Lipinski definition) is 1. The fourth-order valence-electron chi connectivity index (χ4n) is 2.31. The molecule has 1 aliphatic rings. The van der Waals surface area contributed by atoms with E-state index in [-0.39, 0.29) is 5.75 Å². The predicted molar refractivity (Wildman–Crippen MR) is 77.8 cm³/mol. The van der Waals surface area contributed by atoms with Crippen LogP contribution in [0.15, 0.2) is 29.2 Å². The van der Waals surface area contributed by atoms with Crippen LogP contribution in [0.1, 0.15) is 32.6 Å². The Morgan fingerprint density at radius 2 is 1.74 bits per heavy atom. The van der Waals surface area contributed by atoms with Crippen molar-refractivity contribution in [3.8, 4) is 0 Å². The first-order valence-corrected chi connectivity index (χ1v) is 8.61. The zero-order valence-electron chi connectivity index (χ0n) is 11.4. The molecule has 1 saturated heterocycles. The van der Waals surface area contributed by atoms with Gasteiger partial charge in [0.25, 0.3) is 0 Å². The first kappa shape index (κ1) is 14.3. The minimum Gasteiger partial charge on any atom is -0.319 e. The second kappa shape index (κ2) is 6.39. The summed E-state index contributed by atoms with van der Waals surface area (Å²) in [5, 5.41) is 2.19. The van der Waals surface area contributed by atoms with Crippen molar-refractivity contribution in [3.05, 3.63) is 24.3 Å². The third-order valence-electron chi connectivity index (χ3n) is 3.33. The highest BCUT2D eigenvalue weighted by Crippen LogP contribution is 2.17. The molecule has 1 aromatic rings. The molecule has 0 atom stereocenters. The number of hydrogen-bond acceptors (Lipinski definition) is 4. The Morgan fingerprint density at radius 3 is 2.32 bits per heavy atom. The van der Waals surface area contributed by atoms with Crippen molar-refractivity contribution in [1.29, 1.82) is 0 Å². The van der Waals surface area contributed by atoms with E-state index in [1.54, 1.807) is 12.1 Å². The maximum absolute atomic E-state index is 11.9. The van der Waals surface area contributed by atoms with E-state index in [4.69, 9.17) is 0 Å². The van der Waals surface area contributed by atoms with Gasteiger partial charge in [0.1, 0.15) is 0 Å². The van der Waals surface area contributed by atoms with E-state index in [9.17, 15) is 8.42 Å². The van der Waals surface area contributed by atoms with E-state index in [1.165, 1.54) is 19.3 Å². The first-order chi connectivity index (χ1) is 9.12. The topological polar surface area (TPSA) is 49.4 Å². The molecule has 5 heteroatoms. The van der Waals surface area contributed by atoms with Crippen molar-refractivity contribution in [3.63, 3.8) is 0 Å². The summed E-state index contributed by atoms with van der Waals surface area (Å²) >= 11 is 0. The van der Waals surface area contributed by atoms with Crippen LogP contribution in [-0.2, 0) is 9.84 Å². The summed E-state index contributed by atoms with van der Waals surface area (Å²) in [7, 11) is -3.10. The van der Waals surface area contributed by atoms with E-state index in [1.807, 2.05) is 19.1 Å². The second-order valence-electron chi connectivity index (χ2n) is 5.00. The number of nitrogens with one attached hydrogen (secondary N) is 1. The molecule has 1 heterocycles. The molecule has 19 heavy (non-hydrogen) atoms. The standard InChI is InChI=1S/C14H22N2O2S/c1-2-12-19(17,18)14-8-6-13(7-9-14)15-16-10-4-3-5-11-16/h6-9,15H,2-5,10-12H2,1H3. The largest absolute Gasteiger partial charge is 0.319 e. The van der Waals surface area contributed by atoms with Crippen LogP contribution in [0.25, 0.3) is 0 Å². The van der Waals surface area contributed by atoms with Crippen LogP contribution in [0.4, 0.5) is 5.69 Å². The number of sulfone groups is 1. The molecule has 106 valence electrons. The molecule has 1 aromatic carbocycles. The Balaban J connectivity index is 2.01. The lowest BCUT2D eigenvalue weighted by atomic mass is 10.2.